The van der Waals surface area contributed by atoms with Crippen LogP contribution in [0.1, 0.15) is 58.8 Å². The summed E-state index contributed by atoms with van der Waals surface area (Å²) in [5.41, 5.74) is -0.0981. The summed E-state index contributed by atoms with van der Waals surface area (Å²) in [4.78, 5) is 26.5. The smallest absolute Gasteiger partial charge is 0.230 e. The lowest BCUT2D eigenvalue weighted by Crippen LogP contribution is -2.60. The SMILES string of the molecule is CC(C)CCNC(=O)C12CC3CC(C1)CC(C(=O)Nc1ccc(O)cc1)(C3)C2. The van der Waals surface area contributed by atoms with Crippen molar-refractivity contribution in [3.05, 3.63) is 24.3 Å². The zero-order chi connectivity index (χ0) is 19.9. The van der Waals surface area contributed by atoms with E-state index >= 15 is 0 Å². The van der Waals surface area contributed by atoms with Crippen LogP contribution in [0.2, 0.25) is 0 Å². The van der Waals surface area contributed by atoms with Gasteiger partial charge in [-0.3, -0.25) is 9.59 Å². The summed E-state index contributed by atoms with van der Waals surface area (Å²) in [7, 11) is 0. The zero-order valence-electron chi connectivity index (χ0n) is 17.0. The molecule has 1 aromatic rings. The molecule has 0 radical (unpaired) electrons. The molecule has 3 N–H and O–H groups in total. The van der Waals surface area contributed by atoms with Crippen LogP contribution in [0.3, 0.4) is 0 Å². The number of amides is 2. The second kappa shape index (κ2) is 7.09. The number of rotatable bonds is 6. The monoisotopic (exact) mass is 384 g/mol. The summed E-state index contributed by atoms with van der Waals surface area (Å²) in [5.74, 6) is 1.92. The van der Waals surface area contributed by atoms with Crippen molar-refractivity contribution in [3.8, 4) is 5.75 Å². The number of phenolic OH excluding ortho intramolecular Hbond substituents is 1. The predicted octanol–water partition coefficient (Wildman–Crippen LogP) is 4.08. The highest BCUT2D eigenvalue weighted by molar-refractivity contribution is 5.97. The quantitative estimate of drug-likeness (QED) is 0.647. The molecule has 4 aliphatic carbocycles. The first-order chi connectivity index (χ1) is 13.3. The maximum atomic E-state index is 13.3. The van der Waals surface area contributed by atoms with Crippen molar-refractivity contribution in [2.75, 3.05) is 11.9 Å². The lowest BCUT2D eigenvalue weighted by molar-refractivity contribution is -0.164. The molecular formula is C23H32N2O3. The van der Waals surface area contributed by atoms with Crippen LogP contribution in [0.15, 0.2) is 24.3 Å². The Morgan fingerprint density at radius 1 is 1.04 bits per heavy atom. The second-order valence-corrected chi connectivity index (χ2v) is 9.96. The van der Waals surface area contributed by atoms with Crippen LogP contribution in [0, 0.1) is 28.6 Å². The van der Waals surface area contributed by atoms with Gasteiger partial charge in [0.1, 0.15) is 5.75 Å². The Hall–Kier alpha value is -2.04. The first kappa shape index (κ1) is 19.3. The topological polar surface area (TPSA) is 78.4 Å². The fraction of sp³-hybridized carbons (Fsp3) is 0.652. The lowest BCUT2D eigenvalue weighted by Gasteiger charge is -2.60. The molecule has 0 heterocycles. The van der Waals surface area contributed by atoms with Gasteiger partial charge in [-0.15, -0.1) is 0 Å². The Bertz CT molecular complexity index is 742. The maximum absolute atomic E-state index is 13.3. The van der Waals surface area contributed by atoms with Gasteiger partial charge in [-0.05, 0) is 87.0 Å². The van der Waals surface area contributed by atoms with E-state index in [1.807, 2.05) is 0 Å². The van der Waals surface area contributed by atoms with Gasteiger partial charge in [0.05, 0.1) is 10.8 Å². The van der Waals surface area contributed by atoms with E-state index in [2.05, 4.69) is 24.5 Å². The molecule has 5 nitrogen and oxygen atoms in total. The van der Waals surface area contributed by atoms with Gasteiger partial charge >= 0.3 is 0 Å². The molecule has 4 aliphatic rings. The van der Waals surface area contributed by atoms with Crippen LogP contribution < -0.4 is 10.6 Å². The normalized spacial score (nSPS) is 33.1. The summed E-state index contributed by atoms with van der Waals surface area (Å²) >= 11 is 0. The van der Waals surface area contributed by atoms with Gasteiger partial charge in [-0.2, -0.15) is 0 Å². The van der Waals surface area contributed by atoms with Crippen LogP contribution >= 0.6 is 0 Å². The van der Waals surface area contributed by atoms with Crippen molar-refractivity contribution in [1.82, 2.24) is 5.32 Å². The van der Waals surface area contributed by atoms with Crippen molar-refractivity contribution in [3.63, 3.8) is 0 Å². The number of aromatic hydroxyl groups is 1. The summed E-state index contributed by atoms with van der Waals surface area (Å²) in [5, 5.41) is 15.7. The van der Waals surface area contributed by atoms with E-state index in [9.17, 15) is 14.7 Å². The Morgan fingerprint density at radius 3 is 2.18 bits per heavy atom. The fourth-order valence-electron chi connectivity index (χ4n) is 6.26. The fourth-order valence-corrected chi connectivity index (χ4v) is 6.26. The lowest BCUT2D eigenvalue weighted by atomic mass is 9.43. The third-order valence-electron chi connectivity index (χ3n) is 7.16. The molecule has 1 aromatic carbocycles. The van der Waals surface area contributed by atoms with Gasteiger partial charge in [0, 0.05) is 12.2 Å². The summed E-state index contributed by atoms with van der Waals surface area (Å²) in [6.45, 7) is 5.05. The zero-order valence-corrected chi connectivity index (χ0v) is 17.0. The number of carbonyl (C=O) groups excluding carboxylic acids is 2. The summed E-state index contributed by atoms with van der Waals surface area (Å²) in [6, 6.07) is 6.61. The van der Waals surface area contributed by atoms with Crippen molar-refractivity contribution in [2.24, 2.45) is 28.6 Å². The number of nitrogens with one attached hydrogen (secondary N) is 2. The van der Waals surface area contributed by atoms with Crippen molar-refractivity contribution in [2.45, 2.75) is 58.8 Å². The minimum Gasteiger partial charge on any atom is -0.508 e. The third-order valence-corrected chi connectivity index (χ3v) is 7.16. The van der Waals surface area contributed by atoms with Gasteiger partial charge in [0.2, 0.25) is 11.8 Å². The average Bonchev–Trinajstić information content (AvgIpc) is 2.62. The van der Waals surface area contributed by atoms with Gasteiger partial charge in [0.25, 0.3) is 0 Å². The van der Waals surface area contributed by atoms with E-state index in [-0.39, 0.29) is 23.0 Å². The summed E-state index contributed by atoms with van der Waals surface area (Å²) < 4.78 is 0. The molecule has 5 heteroatoms. The third kappa shape index (κ3) is 3.51. The molecule has 2 amide bonds. The standard InChI is InChI=1S/C23H32N2O3/c1-15(2)7-8-24-20(27)22-10-16-9-17(11-22)13-23(12-16,14-22)21(28)25-18-3-5-19(26)6-4-18/h3-6,15-17,26H,7-14H2,1-2H3,(H,24,27)(H,25,28). The molecule has 0 spiro atoms. The predicted molar refractivity (Wildman–Crippen MR) is 109 cm³/mol. The van der Waals surface area contributed by atoms with Crippen LogP contribution in [-0.2, 0) is 9.59 Å². The van der Waals surface area contributed by atoms with Crippen molar-refractivity contribution in [1.29, 1.82) is 0 Å². The molecule has 2 unspecified atom stereocenters. The minimum atomic E-state index is -0.433. The highest BCUT2D eigenvalue weighted by Crippen LogP contribution is 2.65. The van der Waals surface area contributed by atoms with Gasteiger partial charge in [0.15, 0.2) is 0 Å². The van der Waals surface area contributed by atoms with Crippen LogP contribution in [0.4, 0.5) is 5.69 Å². The first-order valence-corrected chi connectivity index (χ1v) is 10.7. The molecule has 0 saturated heterocycles. The van der Waals surface area contributed by atoms with Crippen molar-refractivity contribution >= 4 is 17.5 Å². The molecule has 0 aromatic heterocycles. The number of hydrogen-bond acceptors (Lipinski definition) is 3. The summed E-state index contributed by atoms with van der Waals surface area (Å²) in [6.07, 6.45) is 6.49. The average molecular weight is 385 g/mol. The van der Waals surface area contributed by atoms with Gasteiger partial charge in [-0.1, -0.05) is 13.8 Å². The number of phenols is 1. The van der Waals surface area contributed by atoms with Crippen LogP contribution in [-0.4, -0.2) is 23.5 Å². The molecule has 4 bridgehead atoms. The molecule has 4 fully saturated rings. The van der Waals surface area contributed by atoms with E-state index in [0.29, 0.717) is 29.9 Å². The second-order valence-electron chi connectivity index (χ2n) is 9.96. The molecule has 2 atom stereocenters. The number of anilines is 1. The number of benzene rings is 1. The van der Waals surface area contributed by atoms with Gasteiger partial charge in [-0.25, -0.2) is 0 Å². The van der Waals surface area contributed by atoms with E-state index in [1.54, 1.807) is 24.3 Å². The first-order valence-electron chi connectivity index (χ1n) is 10.7. The van der Waals surface area contributed by atoms with E-state index in [0.717, 1.165) is 45.1 Å². The molecular weight excluding hydrogens is 352 g/mol. The highest BCUT2D eigenvalue weighted by Gasteiger charge is 2.62. The van der Waals surface area contributed by atoms with Gasteiger partial charge < -0.3 is 15.7 Å². The largest absolute Gasteiger partial charge is 0.508 e. The molecule has 28 heavy (non-hydrogen) atoms. The Labute approximate surface area is 167 Å². The van der Waals surface area contributed by atoms with E-state index in [4.69, 9.17) is 0 Å². The Kier molecular flexibility index (Phi) is 4.88. The molecule has 5 rings (SSSR count). The highest BCUT2D eigenvalue weighted by atomic mass is 16.3. The van der Waals surface area contributed by atoms with Crippen LogP contribution in [0.5, 0.6) is 5.75 Å². The molecule has 152 valence electrons. The van der Waals surface area contributed by atoms with Crippen LogP contribution in [0.25, 0.3) is 0 Å². The number of carbonyl (C=O) groups is 2. The van der Waals surface area contributed by atoms with E-state index in [1.165, 1.54) is 0 Å². The molecule has 4 saturated carbocycles. The molecule has 0 aliphatic heterocycles. The Morgan fingerprint density at radius 2 is 1.61 bits per heavy atom. The number of hydrogen-bond donors (Lipinski definition) is 3. The van der Waals surface area contributed by atoms with E-state index < -0.39 is 5.41 Å². The van der Waals surface area contributed by atoms with Crippen molar-refractivity contribution < 1.29 is 14.7 Å². The maximum Gasteiger partial charge on any atom is 0.230 e. The Balaban J connectivity index is 1.51. The minimum absolute atomic E-state index is 0.0478.